The second-order valence-corrected chi connectivity index (χ2v) is 1.74. The minimum atomic E-state index is 0.633. The molecule has 0 heterocycles. The van der Waals surface area contributed by atoms with Gasteiger partial charge in [-0.2, -0.15) is 0 Å². The van der Waals surface area contributed by atoms with E-state index >= 15 is 0 Å². The molecule has 0 spiro atoms. The molecule has 0 bridgehead atoms. The Kier molecular flexibility index (Phi) is 6.47. The van der Waals surface area contributed by atoms with Crippen LogP contribution in [0.1, 0.15) is 19.3 Å². The number of unbranched alkanes of at least 4 members (excludes halogenated alkanes) is 1. The average Bonchev–Trinajstić information content (AvgIpc) is 1.89. The van der Waals surface area contributed by atoms with E-state index in [-0.39, 0.29) is 0 Å². The topological polar surface area (TPSA) is 17.1 Å². The highest BCUT2D eigenvalue weighted by Gasteiger charge is 1.74. The predicted molar refractivity (Wildman–Crippen MR) is 39.3 cm³/mol. The fraction of sp³-hybridized carbons (Fsp3) is 0.375. The van der Waals surface area contributed by atoms with Crippen LogP contribution in [0.5, 0.6) is 0 Å². The van der Waals surface area contributed by atoms with Gasteiger partial charge in [0.25, 0.3) is 0 Å². The number of carbonyl (C=O) groups is 1. The van der Waals surface area contributed by atoms with E-state index in [4.69, 9.17) is 0 Å². The molecule has 0 aliphatic carbocycles. The SMILES string of the molecule is C=CC/C=C\CCC=O. The predicted octanol–water partition coefficient (Wildman–Crippen LogP) is 2.10. The largest absolute Gasteiger partial charge is 0.303 e. The number of allylic oxidation sites excluding steroid dienone is 3. The van der Waals surface area contributed by atoms with E-state index in [9.17, 15) is 4.79 Å². The Bertz CT molecular complexity index is 103. The Hall–Kier alpha value is -0.850. The molecule has 0 aromatic carbocycles. The van der Waals surface area contributed by atoms with Crippen LogP contribution in [0.3, 0.4) is 0 Å². The molecule has 1 nitrogen and oxygen atoms in total. The summed E-state index contributed by atoms with van der Waals surface area (Å²) < 4.78 is 0. The molecule has 0 saturated heterocycles. The quantitative estimate of drug-likeness (QED) is 0.311. The lowest BCUT2D eigenvalue weighted by Gasteiger charge is -1.80. The number of aldehydes is 1. The standard InChI is InChI=1S/C8H12O/c1-2-3-4-5-6-7-8-9/h2,4-5,8H,1,3,6-7H2/b5-4-. The minimum Gasteiger partial charge on any atom is -0.303 e. The zero-order chi connectivity index (χ0) is 6.95. The van der Waals surface area contributed by atoms with E-state index < -0.39 is 0 Å². The van der Waals surface area contributed by atoms with Crippen LogP contribution in [0.15, 0.2) is 24.8 Å². The van der Waals surface area contributed by atoms with E-state index in [2.05, 4.69) is 6.58 Å². The van der Waals surface area contributed by atoms with Crippen molar-refractivity contribution in [3.05, 3.63) is 24.8 Å². The van der Waals surface area contributed by atoms with Gasteiger partial charge >= 0.3 is 0 Å². The van der Waals surface area contributed by atoms with Gasteiger partial charge in [0.15, 0.2) is 0 Å². The normalized spacial score (nSPS) is 9.78. The zero-order valence-electron chi connectivity index (χ0n) is 5.55. The van der Waals surface area contributed by atoms with Crippen molar-refractivity contribution in [1.29, 1.82) is 0 Å². The molecule has 0 rings (SSSR count). The van der Waals surface area contributed by atoms with Crippen LogP contribution < -0.4 is 0 Å². The van der Waals surface area contributed by atoms with Crippen LogP contribution >= 0.6 is 0 Å². The van der Waals surface area contributed by atoms with Crippen molar-refractivity contribution < 1.29 is 4.79 Å². The van der Waals surface area contributed by atoms with Crippen LogP contribution in [0.4, 0.5) is 0 Å². The highest BCUT2D eigenvalue weighted by Crippen LogP contribution is 1.89. The third kappa shape index (κ3) is 7.15. The molecule has 0 fully saturated rings. The third-order valence-corrected chi connectivity index (χ3v) is 0.921. The molecule has 0 radical (unpaired) electrons. The summed E-state index contributed by atoms with van der Waals surface area (Å²) in [5.41, 5.74) is 0. The fourth-order valence-corrected chi connectivity index (χ4v) is 0.475. The number of hydrogen-bond acceptors (Lipinski definition) is 1. The molecule has 0 amide bonds. The first-order chi connectivity index (χ1) is 4.41. The summed E-state index contributed by atoms with van der Waals surface area (Å²) in [7, 11) is 0. The highest BCUT2D eigenvalue weighted by atomic mass is 16.1. The maximum absolute atomic E-state index is 9.78. The lowest BCUT2D eigenvalue weighted by molar-refractivity contribution is -0.107. The molecule has 50 valence electrons. The summed E-state index contributed by atoms with van der Waals surface area (Å²) in [6.45, 7) is 3.56. The van der Waals surface area contributed by atoms with Crippen molar-refractivity contribution in [3.8, 4) is 0 Å². The van der Waals surface area contributed by atoms with E-state index in [1.807, 2.05) is 18.2 Å². The molecule has 0 aliphatic heterocycles. The Morgan fingerprint density at radius 2 is 2.00 bits per heavy atom. The van der Waals surface area contributed by atoms with Gasteiger partial charge in [-0.3, -0.25) is 0 Å². The van der Waals surface area contributed by atoms with Gasteiger partial charge in [-0.15, -0.1) is 6.58 Å². The first-order valence-electron chi connectivity index (χ1n) is 3.11. The maximum Gasteiger partial charge on any atom is 0.120 e. The molecule has 0 unspecified atom stereocenters. The number of rotatable bonds is 5. The van der Waals surface area contributed by atoms with E-state index in [0.29, 0.717) is 6.42 Å². The summed E-state index contributed by atoms with van der Waals surface area (Å²) in [5, 5.41) is 0. The van der Waals surface area contributed by atoms with Gasteiger partial charge in [-0.25, -0.2) is 0 Å². The van der Waals surface area contributed by atoms with E-state index in [0.717, 1.165) is 19.1 Å². The lowest BCUT2D eigenvalue weighted by atomic mass is 10.3. The van der Waals surface area contributed by atoms with Crippen molar-refractivity contribution in [3.63, 3.8) is 0 Å². The summed E-state index contributed by atoms with van der Waals surface area (Å²) in [4.78, 5) is 9.78. The molecule has 0 aliphatic rings. The molecule has 1 heteroatoms. The second-order valence-electron chi connectivity index (χ2n) is 1.74. The summed E-state index contributed by atoms with van der Waals surface area (Å²) in [6.07, 6.45) is 9.16. The summed E-state index contributed by atoms with van der Waals surface area (Å²) in [5.74, 6) is 0. The van der Waals surface area contributed by atoms with Crippen LogP contribution in [-0.4, -0.2) is 6.29 Å². The van der Waals surface area contributed by atoms with E-state index in [1.165, 1.54) is 0 Å². The lowest BCUT2D eigenvalue weighted by Crippen LogP contribution is -1.69. The first kappa shape index (κ1) is 8.15. The van der Waals surface area contributed by atoms with Gasteiger partial charge in [0.05, 0.1) is 0 Å². The minimum absolute atomic E-state index is 0.633. The summed E-state index contributed by atoms with van der Waals surface area (Å²) >= 11 is 0. The van der Waals surface area contributed by atoms with Gasteiger partial charge in [0.2, 0.25) is 0 Å². The maximum atomic E-state index is 9.78. The Morgan fingerprint density at radius 3 is 2.56 bits per heavy atom. The molecule has 9 heavy (non-hydrogen) atoms. The Morgan fingerprint density at radius 1 is 1.22 bits per heavy atom. The van der Waals surface area contributed by atoms with Gasteiger partial charge < -0.3 is 4.79 Å². The van der Waals surface area contributed by atoms with Crippen molar-refractivity contribution in [2.24, 2.45) is 0 Å². The zero-order valence-corrected chi connectivity index (χ0v) is 5.55. The van der Waals surface area contributed by atoms with E-state index in [1.54, 1.807) is 0 Å². The second kappa shape index (κ2) is 7.15. The van der Waals surface area contributed by atoms with Gasteiger partial charge in [-0.05, 0) is 12.8 Å². The monoisotopic (exact) mass is 124 g/mol. The van der Waals surface area contributed by atoms with Crippen molar-refractivity contribution >= 4 is 6.29 Å². The Labute approximate surface area is 56.1 Å². The van der Waals surface area contributed by atoms with Crippen LogP contribution in [0.25, 0.3) is 0 Å². The number of hydrogen-bond donors (Lipinski definition) is 0. The van der Waals surface area contributed by atoms with Gasteiger partial charge in [0, 0.05) is 6.42 Å². The molecule has 0 atom stereocenters. The van der Waals surface area contributed by atoms with Crippen LogP contribution in [-0.2, 0) is 4.79 Å². The third-order valence-electron chi connectivity index (χ3n) is 0.921. The summed E-state index contributed by atoms with van der Waals surface area (Å²) in [6, 6.07) is 0. The van der Waals surface area contributed by atoms with Crippen LogP contribution in [0.2, 0.25) is 0 Å². The highest BCUT2D eigenvalue weighted by molar-refractivity contribution is 5.49. The van der Waals surface area contributed by atoms with Gasteiger partial charge in [0.1, 0.15) is 6.29 Å². The number of carbonyl (C=O) groups excluding carboxylic acids is 1. The van der Waals surface area contributed by atoms with Crippen molar-refractivity contribution in [2.75, 3.05) is 0 Å². The average molecular weight is 124 g/mol. The Balaban J connectivity index is 3.03. The molecule has 0 aromatic rings. The fourth-order valence-electron chi connectivity index (χ4n) is 0.475. The molecular formula is C8H12O. The molecule has 0 aromatic heterocycles. The molecular weight excluding hydrogens is 112 g/mol. The van der Waals surface area contributed by atoms with Crippen molar-refractivity contribution in [1.82, 2.24) is 0 Å². The first-order valence-corrected chi connectivity index (χ1v) is 3.11. The molecule has 0 saturated carbocycles. The molecule has 0 N–H and O–H groups in total. The van der Waals surface area contributed by atoms with Crippen molar-refractivity contribution in [2.45, 2.75) is 19.3 Å². The van der Waals surface area contributed by atoms with Gasteiger partial charge in [-0.1, -0.05) is 18.2 Å². The smallest absolute Gasteiger partial charge is 0.120 e. The van der Waals surface area contributed by atoms with Crippen LogP contribution in [0, 0.1) is 0 Å².